The second-order valence-corrected chi connectivity index (χ2v) is 6.57. The lowest BCUT2D eigenvalue weighted by Crippen LogP contribution is -2.24. The minimum Gasteiger partial charge on any atom is -0.379 e. The molecule has 0 bridgehead atoms. The number of nitrogens with zero attached hydrogens (tertiary/aromatic N) is 3. The highest BCUT2D eigenvalue weighted by atomic mass is 32.1. The quantitative estimate of drug-likeness (QED) is 0.624. The van der Waals surface area contributed by atoms with E-state index < -0.39 is 0 Å². The van der Waals surface area contributed by atoms with E-state index >= 15 is 0 Å². The summed E-state index contributed by atoms with van der Waals surface area (Å²) in [6.45, 7) is 6.30. The highest BCUT2D eigenvalue weighted by Crippen LogP contribution is 2.16. The van der Waals surface area contributed by atoms with Crippen LogP contribution in [-0.4, -0.2) is 27.0 Å². The molecule has 2 heterocycles. The van der Waals surface area contributed by atoms with Crippen LogP contribution >= 0.6 is 11.3 Å². The first-order valence-corrected chi connectivity index (χ1v) is 9.04. The Hall–Kier alpha value is -3.00. The third-order valence-electron chi connectivity index (χ3n) is 3.68. The van der Waals surface area contributed by atoms with Crippen molar-refractivity contribution in [2.75, 3.05) is 11.9 Å². The van der Waals surface area contributed by atoms with Crippen LogP contribution in [0, 0.1) is 0 Å². The van der Waals surface area contributed by atoms with Crippen LogP contribution in [0.2, 0.25) is 0 Å². The number of rotatable bonds is 7. The van der Waals surface area contributed by atoms with E-state index in [0.717, 1.165) is 11.4 Å². The van der Waals surface area contributed by atoms with Gasteiger partial charge in [-0.2, -0.15) is 9.61 Å². The van der Waals surface area contributed by atoms with Gasteiger partial charge in [-0.25, -0.2) is 4.98 Å². The highest BCUT2D eigenvalue weighted by Gasteiger charge is 2.11. The maximum Gasteiger partial charge on any atom is 0.275 e. The average molecular weight is 369 g/mol. The number of carbonyl (C=O) groups excluding carboxylic acids is 1. The second-order valence-electron chi connectivity index (χ2n) is 5.53. The molecule has 3 aromatic rings. The number of aryl methyl sites for hydroxylation is 1. The molecular formula is C18H19N5O2S. The number of amides is 1. The molecular weight excluding hydrogens is 350 g/mol. The summed E-state index contributed by atoms with van der Waals surface area (Å²) in [5.41, 5.74) is 1.59. The molecule has 8 heteroatoms. The predicted molar refractivity (Wildman–Crippen MR) is 103 cm³/mol. The monoisotopic (exact) mass is 369 g/mol. The van der Waals surface area contributed by atoms with Crippen molar-refractivity contribution >= 4 is 27.9 Å². The molecule has 0 unspecified atom stereocenters. The molecule has 26 heavy (non-hydrogen) atoms. The van der Waals surface area contributed by atoms with E-state index in [2.05, 4.69) is 27.3 Å². The fraction of sp³-hybridized carbons (Fsp3) is 0.222. The average Bonchev–Trinajstić information content (AvgIpc) is 3.08. The van der Waals surface area contributed by atoms with Crippen LogP contribution in [0.3, 0.4) is 0 Å². The Kier molecular flexibility index (Phi) is 5.43. The van der Waals surface area contributed by atoms with Crippen molar-refractivity contribution in [1.82, 2.24) is 19.9 Å². The van der Waals surface area contributed by atoms with Crippen molar-refractivity contribution in [2.24, 2.45) is 0 Å². The second kappa shape index (κ2) is 7.92. The van der Waals surface area contributed by atoms with Crippen LogP contribution in [0.1, 0.15) is 28.0 Å². The molecule has 1 aromatic carbocycles. The number of hydrogen-bond donors (Lipinski definition) is 2. The summed E-state index contributed by atoms with van der Waals surface area (Å²) in [6.07, 6.45) is 2.38. The molecule has 3 rings (SSSR count). The summed E-state index contributed by atoms with van der Waals surface area (Å²) in [6, 6.07) is 8.65. The third-order valence-corrected chi connectivity index (χ3v) is 4.73. The molecule has 2 N–H and O–H groups in total. The number of hydrogen-bond acceptors (Lipinski definition) is 6. The van der Waals surface area contributed by atoms with Gasteiger partial charge in [0, 0.05) is 18.3 Å². The van der Waals surface area contributed by atoms with E-state index in [4.69, 9.17) is 0 Å². The number of anilines is 1. The normalized spacial score (nSPS) is 10.7. The lowest BCUT2D eigenvalue weighted by atomic mass is 10.1. The fourth-order valence-corrected chi connectivity index (χ4v) is 3.27. The van der Waals surface area contributed by atoms with Gasteiger partial charge in [-0.3, -0.25) is 9.59 Å². The number of carbonyl (C=O) groups is 1. The van der Waals surface area contributed by atoms with Gasteiger partial charge in [0.25, 0.3) is 11.5 Å². The molecule has 0 spiro atoms. The van der Waals surface area contributed by atoms with Crippen molar-refractivity contribution in [3.05, 3.63) is 69.6 Å². The summed E-state index contributed by atoms with van der Waals surface area (Å²) < 4.78 is 1.32. The summed E-state index contributed by atoms with van der Waals surface area (Å²) >= 11 is 1.40. The first kappa shape index (κ1) is 17.8. The van der Waals surface area contributed by atoms with Gasteiger partial charge < -0.3 is 10.6 Å². The number of nitrogens with one attached hydrogen (secondary N) is 2. The molecule has 0 radical (unpaired) electrons. The lowest BCUT2D eigenvalue weighted by Gasteiger charge is -2.11. The van der Waals surface area contributed by atoms with Gasteiger partial charge >= 0.3 is 0 Å². The van der Waals surface area contributed by atoms with E-state index in [-0.39, 0.29) is 11.5 Å². The topological polar surface area (TPSA) is 88.4 Å². The van der Waals surface area contributed by atoms with Gasteiger partial charge in [-0.15, -0.1) is 6.58 Å². The molecule has 0 fully saturated rings. The number of para-hydroxylation sites is 1. The van der Waals surface area contributed by atoms with Crippen molar-refractivity contribution in [1.29, 1.82) is 0 Å². The summed E-state index contributed by atoms with van der Waals surface area (Å²) in [5, 5.41) is 11.0. The molecule has 0 aliphatic carbocycles. The first-order valence-electron chi connectivity index (χ1n) is 8.23. The van der Waals surface area contributed by atoms with Crippen LogP contribution in [0.4, 0.5) is 5.69 Å². The predicted octanol–water partition coefficient (Wildman–Crippen LogP) is 2.24. The maximum atomic E-state index is 12.2. The molecule has 134 valence electrons. The van der Waals surface area contributed by atoms with Crippen LogP contribution in [0.15, 0.2) is 47.8 Å². The first-order chi connectivity index (χ1) is 12.6. The molecule has 2 aromatic heterocycles. The SMILES string of the molecule is C=CCNC(=O)c1ccccc1NCc1cc(=O)n2nc(CC)sc2n1. The largest absolute Gasteiger partial charge is 0.379 e. The van der Waals surface area contributed by atoms with Crippen molar-refractivity contribution in [3.63, 3.8) is 0 Å². The Balaban J connectivity index is 1.81. The van der Waals surface area contributed by atoms with Crippen molar-refractivity contribution in [2.45, 2.75) is 19.9 Å². The molecule has 0 aliphatic rings. The van der Waals surface area contributed by atoms with E-state index in [9.17, 15) is 9.59 Å². The van der Waals surface area contributed by atoms with E-state index in [1.807, 2.05) is 19.1 Å². The van der Waals surface area contributed by atoms with Gasteiger partial charge in [0.05, 0.1) is 17.8 Å². The van der Waals surface area contributed by atoms with E-state index in [0.29, 0.717) is 35.0 Å². The molecule has 0 saturated heterocycles. The van der Waals surface area contributed by atoms with Crippen molar-refractivity contribution < 1.29 is 4.79 Å². The smallest absolute Gasteiger partial charge is 0.275 e. The van der Waals surface area contributed by atoms with Gasteiger partial charge in [0.2, 0.25) is 4.96 Å². The third kappa shape index (κ3) is 3.80. The zero-order valence-corrected chi connectivity index (χ0v) is 15.2. The zero-order valence-electron chi connectivity index (χ0n) is 14.4. The highest BCUT2D eigenvalue weighted by molar-refractivity contribution is 7.16. The molecule has 1 amide bonds. The van der Waals surface area contributed by atoms with Crippen LogP contribution in [0.25, 0.3) is 4.96 Å². The minimum atomic E-state index is -0.209. The zero-order chi connectivity index (χ0) is 18.5. The Bertz CT molecular complexity index is 1010. The number of benzene rings is 1. The van der Waals surface area contributed by atoms with E-state index in [1.165, 1.54) is 21.9 Å². The summed E-state index contributed by atoms with van der Waals surface area (Å²) in [5.74, 6) is -0.188. The lowest BCUT2D eigenvalue weighted by molar-refractivity contribution is 0.0959. The van der Waals surface area contributed by atoms with Gasteiger partial charge in [-0.05, 0) is 18.6 Å². The Morgan fingerprint density at radius 1 is 1.38 bits per heavy atom. The number of aromatic nitrogens is 3. The van der Waals surface area contributed by atoms with Crippen LogP contribution in [-0.2, 0) is 13.0 Å². The maximum absolute atomic E-state index is 12.2. The Morgan fingerprint density at radius 3 is 2.96 bits per heavy atom. The molecule has 0 saturated carbocycles. The van der Waals surface area contributed by atoms with Crippen LogP contribution < -0.4 is 16.2 Å². The number of fused-ring (bicyclic) bond motifs is 1. The van der Waals surface area contributed by atoms with Gasteiger partial charge in [0.1, 0.15) is 5.01 Å². The Morgan fingerprint density at radius 2 is 2.19 bits per heavy atom. The summed E-state index contributed by atoms with van der Waals surface area (Å²) in [7, 11) is 0. The summed E-state index contributed by atoms with van der Waals surface area (Å²) in [4.78, 5) is 29.5. The van der Waals surface area contributed by atoms with Gasteiger partial charge in [-0.1, -0.05) is 36.5 Å². The van der Waals surface area contributed by atoms with Crippen LogP contribution in [0.5, 0.6) is 0 Å². The molecule has 0 aliphatic heterocycles. The van der Waals surface area contributed by atoms with Gasteiger partial charge in [0.15, 0.2) is 0 Å². The molecule has 7 nitrogen and oxygen atoms in total. The van der Waals surface area contributed by atoms with E-state index in [1.54, 1.807) is 18.2 Å². The molecule has 0 atom stereocenters. The van der Waals surface area contributed by atoms with Crippen molar-refractivity contribution in [3.8, 4) is 0 Å². The fourth-order valence-electron chi connectivity index (χ4n) is 2.41. The Labute approximate surface area is 154 Å². The standard InChI is InChI=1S/C18H19N5O2S/c1-3-9-19-17(25)13-7-5-6-8-14(13)20-11-12-10-16(24)23-18(21-12)26-15(4-2)22-23/h3,5-8,10,20H,1,4,9,11H2,2H3,(H,19,25). The minimum absolute atomic E-state index is 0.188.